The van der Waals surface area contributed by atoms with Crippen molar-refractivity contribution in [1.82, 2.24) is 20.3 Å². The number of furan rings is 1. The van der Waals surface area contributed by atoms with Gasteiger partial charge in [-0.2, -0.15) is 0 Å². The first-order valence-electron chi connectivity index (χ1n) is 11.5. The maximum atomic E-state index is 14.0. The number of thiophene rings is 1. The number of benzene rings is 2. The summed E-state index contributed by atoms with van der Waals surface area (Å²) in [7, 11) is 0. The van der Waals surface area contributed by atoms with Gasteiger partial charge in [-0.05, 0) is 66.8 Å². The van der Waals surface area contributed by atoms with Crippen LogP contribution in [0.25, 0.3) is 11.0 Å². The molecule has 0 unspecified atom stereocenters. The maximum Gasteiger partial charge on any atom is 0.249 e. The van der Waals surface area contributed by atoms with Gasteiger partial charge in [0.05, 0.1) is 18.3 Å². The number of hydrogen-bond donors (Lipinski definition) is 1. The van der Waals surface area contributed by atoms with Crippen molar-refractivity contribution >= 4 is 39.9 Å². The molecule has 0 saturated heterocycles. The van der Waals surface area contributed by atoms with E-state index in [1.54, 1.807) is 28.0 Å². The van der Waals surface area contributed by atoms with E-state index in [-0.39, 0.29) is 24.9 Å². The summed E-state index contributed by atoms with van der Waals surface area (Å²) in [6.07, 6.45) is 1.56. The molecular formula is C27H25N5O3S. The van der Waals surface area contributed by atoms with Gasteiger partial charge in [-0.25, -0.2) is 4.68 Å². The zero-order chi connectivity index (χ0) is 25.1. The third-order valence-electron chi connectivity index (χ3n) is 5.93. The van der Waals surface area contributed by atoms with Crippen molar-refractivity contribution in [1.29, 1.82) is 0 Å². The van der Waals surface area contributed by atoms with Crippen LogP contribution in [0.1, 0.15) is 27.8 Å². The van der Waals surface area contributed by atoms with Crippen LogP contribution in [-0.2, 0) is 22.7 Å². The normalized spacial score (nSPS) is 11.9. The molecule has 0 aliphatic rings. The van der Waals surface area contributed by atoms with Gasteiger partial charge in [0.15, 0.2) is 0 Å². The molecule has 2 amide bonds. The van der Waals surface area contributed by atoms with E-state index in [1.807, 2.05) is 73.8 Å². The SMILES string of the molecule is Cc1ccc(C)c(N(C(=O)Cn2nnc3ccccc32)[C@H](C(=O)NCc2ccco2)c2cccs2)c1. The number of carbonyl (C=O) groups excluding carboxylic acids is 2. The Hall–Kier alpha value is -4.24. The zero-order valence-corrected chi connectivity index (χ0v) is 20.7. The van der Waals surface area contributed by atoms with Crippen LogP contribution in [0.2, 0.25) is 0 Å². The predicted molar refractivity (Wildman–Crippen MR) is 139 cm³/mol. The maximum absolute atomic E-state index is 14.0. The van der Waals surface area contributed by atoms with Gasteiger partial charge < -0.3 is 9.73 Å². The van der Waals surface area contributed by atoms with Crippen LogP contribution in [0.15, 0.2) is 82.8 Å². The number of aryl methyl sites for hydroxylation is 2. The Kier molecular flexibility index (Phi) is 6.64. The monoisotopic (exact) mass is 499 g/mol. The summed E-state index contributed by atoms with van der Waals surface area (Å²) < 4.78 is 6.95. The highest BCUT2D eigenvalue weighted by molar-refractivity contribution is 7.10. The van der Waals surface area contributed by atoms with Crippen molar-refractivity contribution in [3.63, 3.8) is 0 Å². The first-order chi connectivity index (χ1) is 17.5. The molecule has 2 aromatic carbocycles. The number of fused-ring (bicyclic) bond motifs is 1. The van der Waals surface area contributed by atoms with E-state index in [2.05, 4.69) is 15.6 Å². The van der Waals surface area contributed by atoms with E-state index < -0.39 is 6.04 Å². The molecule has 3 aromatic heterocycles. The topological polar surface area (TPSA) is 93.3 Å². The van der Waals surface area contributed by atoms with Crippen molar-refractivity contribution in [2.75, 3.05) is 4.90 Å². The van der Waals surface area contributed by atoms with Gasteiger partial charge in [0.1, 0.15) is 23.9 Å². The summed E-state index contributed by atoms with van der Waals surface area (Å²) in [6, 6.07) is 19.8. The van der Waals surface area contributed by atoms with Crippen LogP contribution >= 0.6 is 11.3 Å². The number of nitrogens with one attached hydrogen (secondary N) is 1. The molecule has 0 spiro atoms. The molecule has 3 heterocycles. The van der Waals surface area contributed by atoms with Crippen molar-refractivity contribution in [2.45, 2.75) is 33.0 Å². The molecule has 0 saturated carbocycles. The molecule has 9 heteroatoms. The number of anilines is 1. The highest BCUT2D eigenvalue weighted by Crippen LogP contribution is 2.34. The van der Waals surface area contributed by atoms with Gasteiger partial charge in [0.25, 0.3) is 0 Å². The van der Waals surface area contributed by atoms with Gasteiger partial charge in [-0.1, -0.05) is 35.5 Å². The van der Waals surface area contributed by atoms with Gasteiger partial charge in [0.2, 0.25) is 11.8 Å². The van der Waals surface area contributed by atoms with E-state index in [0.717, 1.165) is 21.5 Å². The second kappa shape index (κ2) is 10.2. The van der Waals surface area contributed by atoms with E-state index >= 15 is 0 Å². The van der Waals surface area contributed by atoms with Crippen LogP contribution in [0.4, 0.5) is 5.69 Å². The highest BCUT2D eigenvalue weighted by atomic mass is 32.1. The second-order valence-corrected chi connectivity index (χ2v) is 9.48. The Labute approximate surface area is 212 Å². The van der Waals surface area contributed by atoms with Crippen LogP contribution in [0.5, 0.6) is 0 Å². The number of hydrogen-bond acceptors (Lipinski definition) is 6. The Morgan fingerprint density at radius 2 is 1.94 bits per heavy atom. The highest BCUT2D eigenvalue weighted by Gasteiger charge is 2.34. The summed E-state index contributed by atoms with van der Waals surface area (Å²) in [5.74, 6) is 0.0597. The Morgan fingerprint density at radius 1 is 1.08 bits per heavy atom. The number of aromatic nitrogens is 3. The quantitative estimate of drug-likeness (QED) is 0.331. The Balaban J connectivity index is 1.56. The molecule has 0 aliphatic heterocycles. The molecule has 8 nitrogen and oxygen atoms in total. The minimum absolute atomic E-state index is 0.0682. The van der Waals surface area contributed by atoms with E-state index in [9.17, 15) is 9.59 Å². The van der Waals surface area contributed by atoms with Crippen molar-refractivity contribution in [3.8, 4) is 0 Å². The molecule has 0 aliphatic carbocycles. The number of amides is 2. The lowest BCUT2D eigenvalue weighted by Crippen LogP contribution is -2.45. The Bertz CT molecular complexity index is 1490. The van der Waals surface area contributed by atoms with E-state index in [4.69, 9.17) is 4.42 Å². The lowest BCUT2D eigenvalue weighted by Gasteiger charge is -2.32. The van der Waals surface area contributed by atoms with Crippen LogP contribution in [-0.4, -0.2) is 26.8 Å². The first kappa shape index (κ1) is 23.5. The lowest BCUT2D eigenvalue weighted by atomic mass is 10.1. The van der Waals surface area contributed by atoms with Crippen molar-refractivity contribution < 1.29 is 14.0 Å². The second-order valence-electron chi connectivity index (χ2n) is 8.50. The summed E-state index contributed by atoms with van der Waals surface area (Å²) in [5.41, 5.74) is 4.01. The van der Waals surface area contributed by atoms with Gasteiger partial charge in [-0.15, -0.1) is 16.4 Å². The number of rotatable bonds is 8. The summed E-state index contributed by atoms with van der Waals surface area (Å²) in [5, 5.41) is 13.2. The molecule has 1 N–H and O–H groups in total. The Morgan fingerprint density at radius 3 is 2.72 bits per heavy atom. The standard InChI is InChI=1S/C27H25N5O3S/c1-18-11-12-19(2)23(15-18)32(25(33)17-31-22-9-4-3-8-21(22)29-30-31)26(24-10-6-14-36-24)27(34)28-16-20-7-5-13-35-20/h3-15,26H,16-17H2,1-2H3,(H,28,34)/t26-/m0/s1. The molecule has 1 atom stereocenters. The van der Waals surface area contributed by atoms with Crippen LogP contribution in [0.3, 0.4) is 0 Å². The summed E-state index contributed by atoms with van der Waals surface area (Å²) >= 11 is 1.43. The molecule has 0 radical (unpaired) electrons. The third kappa shape index (κ3) is 4.78. The number of carbonyl (C=O) groups is 2. The summed E-state index contributed by atoms with van der Waals surface area (Å²) in [4.78, 5) is 30.1. The molecule has 0 fully saturated rings. The average Bonchev–Trinajstić information content (AvgIpc) is 3.66. The zero-order valence-electron chi connectivity index (χ0n) is 19.9. The predicted octanol–water partition coefficient (Wildman–Crippen LogP) is 4.79. The average molecular weight is 500 g/mol. The van der Waals surface area contributed by atoms with Gasteiger partial charge in [0, 0.05) is 10.6 Å². The fourth-order valence-electron chi connectivity index (χ4n) is 4.14. The van der Waals surface area contributed by atoms with Gasteiger partial charge >= 0.3 is 0 Å². The molecule has 5 rings (SSSR count). The summed E-state index contributed by atoms with van der Waals surface area (Å²) in [6.45, 7) is 4.05. The van der Waals surface area contributed by atoms with E-state index in [1.165, 1.54) is 11.3 Å². The third-order valence-corrected chi connectivity index (χ3v) is 6.86. The molecule has 0 bridgehead atoms. The fraction of sp³-hybridized carbons (Fsp3) is 0.185. The number of para-hydroxylation sites is 1. The molecule has 5 aromatic rings. The van der Waals surface area contributed by atoms with Gasteiger partial charge in [-0.3, -0.25) is 14.5 Å². The smallest absolute Gasteiger partial charge is 0.249 e. The first-order valence-corrected chi connectivity index (χ1v) is 12.4. The minimum atomic E-state index is -0.872. The largest absolute Gasteiger partial charge is 0.467 e. The minimum Gasteiger partial charge on any atom is -0.467 e. The molecule has 182 valence electrons. The fourth-order valence-corrected chi connectivity index (χ4v) is 4.95. The lowest BCUT2D eigenvalue weighted by molar-refractivity contribution is -0.127. The molecule has 36 heavy (non-hydrogen) atoms. The molecular weight excluding hydrogens is 474 g/mol. The van der Waals surface area contributed by atoms with Crippen LogP contribution in [0, 0.1) is 13.8 Å². The number of nitrogens with zero attached hydrogens (tertiary/aromatic N) is 4. The van der Waals surface area contributed by atoms with Crippen molar-refractivity contribution in [2.24, 2.45) is 0 Å². The van der Waals surface area contributed by atoms with Crippen LogP contribution < -0.4 is 10.2 Å². The van der Waals surface area contributed by atoms with Crippen molar-refractivity contribution in [3.05, 3.63) is 100 Å². The van der Waals surface area contributed by atoms with E-state index in [0.29, 0.717) is 17.0 Å².